The van der Waals surface area contributed by atoms with Gasteiger partial charge in [-0.1, -0.05) is 19.6 Å². The summed E-state index contributed by atoms with van der Waals surface area (Å²) in [6.45, 7) is 6.28. The Balaban J connectivity index is 1.92. The summed E-state index contributed by atoms with van der Waals surface area (Å²) in [4.78, 5) is 11.6. The number of hydrogen-bond donors (Lipinski definition) is 1. The molecule has 0 radical (unpaired) electrons. The highest BCUT2D eigenvalue weighted by molar-refractivity contribution is 5.90. The van der Waals surface area contributed by atoms with Gasteiger partial charge in [0.2, 0.25) is 0 Å². The van der Waals surface area contributed by atoms with Gasteiger partial charge in [0.15, 0.2) is 0 Å². The molecule has 3 aliphatic rings. The summed E-state index contributed by atoms with van der Waals surface area (Å²) >= 11 is 0. The molecule has 0 aromatic heterocycles. The van der Waals surface area contributed by atoms with Crippen molar-refractivity contribution in [3.05, 3.63) is 23.8 Å². The molecule has 1 heterocycles. The fourth-order valence-electron chi connectivity index (χ4n) is 4.07. The Kier molecular flexibility index (Phi) is 2.63. The molecule has 1 N–H and O–H groups in total. The Hall–Kier alpha value is -1.09. The zero-order valence-corrected chi connectivity index (χ0v) is 10.8. The van der Waals surface area contributed by atoms with Crippen LogP contribution in [0.25, 0.3) is 0 Å². The maximum atomic E-state index is 11.6. The Morgan fingerprint density at radius 1 is 1.61 bits per heavy atom. The summed E-state index contributed by atoms with van der Waals surface area (Å²) in [7, 11) is 0. The first-order valence-electron chi connectivity index (χ1n) is 6.75. The largest absolute Gasteiger partial charge is 0.458 e. The monoisotopic (exact) mass is 248 g/mol. The lowest BCUT2D eigenvalue weighted by Crippen LogP contribution is -2.43. The van der Waals surface area contributed by atoms with Gasteiger partial charge in [0.05, 0.1) is 6.61 Å². The fourth-order valence-corrected chi connectivity index (χ4v) is 4.07. The van der Waals surface area contributed by atoms with Crippen molar-refractivity contribution in [3.63, 3.8) is 0 Å². The van der Waals surface area contributed by atoms with Crippen LogP contribution in [0.15, 0.2) is 23.8 Å². The van der Waals surface area contributed by atoms with Crippen LogP contribution < -0.4 is 0 Å². The SMILES string of the molecule is C=C1C(=O)OC2CC3(C)CCC=C(CO)C3CC12. The standard InChI is InChI=1S/C15H20O3/c1-9-11-6-12-10(8-16)4-3-5-15(12,2)7-13(11)18-14(9)17/h4,11-13,16H,1,3,5-8H2,2H3. The molecule has 0 aromatic rings. The van der Waals surface area contributed by atoms with Crippen molar-refractivity contribution in [2.24, 2.45) is 17.3 Å². The van der Waals surface area contributed by atoms with Crippen molar-refractivity contribution >= 4 is 5.97 Å². The average molecular weight is 248 g/mol. The van der Waals surface area contributed by atoms with Gasteiger partial charge in [-0.3, -0.25) is 0 Å². The van der Waals surface area contributed by atoms with E-state index < -0.39 is 0 Å². The summed E-state index contributed by atoms with van der Waals surface area (Å²) in [5.41, 5.74) is 1.94. The van der Waals surface area contributed by atoms with Crippen molar-refractivity contribution in [2.45, 2.75) is 38.7 Å². The first kappa shape index (κ1) is 12.0. The van der Waals surface area contributed by atoms with Crippen LogP contribution in [0.3, 0.4) is 0 Å². The van der Waals surface area contributed by atoms with E-state index in [-0.39, 0.29) is 30.0 Å². The highest BCUT2D eigenvalue weighted by atomic mass is 16.6. The summed E-state index contributed by atoms with van der Waals surface area (Å²) < 4.78 is 5.44. The smallest absolute Gasteiger partial charge is 0.334 e. The van der Waals surface area contributed by atoms with Gasteiger partial charge < -0.3 is 9.84 Å². The van der Waals surface area contributed by atoms with E-state index in [0.29, 0.717) is 11.5 Å². The van der Waals surface area contributed by atoms with E-state index in [9.17, 15) is 9.90 Å². The van der Waals surface area contributed by atoms with E-state index >= 15 is 0 Å². The Bertz CT molecular complexity index is 437. The van der Waals surface area contributed by atoms with Gasteiger partial charge in [-0.2, -0.15) is 0 Å². The quantitative estimate of drug-likeness (QED) is 0.439. The van der Waals surface area contributed by atoms with Gasteiger partial charge in [0, 0.05) is 11.5 Å². The van der Waals surface area contributed by atoms with Crippen molar-refractivity contribution < 1.29 is 14.6 Å². The number of rotatable bonds is 1. The highest BCUT2D eigenvalue weighted by Gasteiger charge is 2.52. The maximum Gasteiger partial charge on any atom is 0.334 e. The van der Waals surface area contributed by atoms with Crippen LogP contribution in [0.2, 0.25) is 0 Å². The Morgan fingerprint density at radius 2 is 2.39 bits per heavy atom. The van der Waals surface area contributed by atoms with Crippen molar-refractivity contribution in [3.8, 4) is 0 Å². The first-order valence-corrected chi connectivity index (χ1v) is 6.75. The minimum absolute atomic E-state index is 0.0179. The molecule has 0 aromatic carbocycles. The number of esters is 1. The van der Waals surface area contributed by atoms with E-state index in [0.717, 1.165) is 31.3 Å². The van der Waals surface area contributed by atoms with Crippen LogP contribution in [-0.4, -0.2) is 23.8 Å². The van der Waals surface area contributed by atoms with Crippen molar-refractivity contribution in [1.29, 1.82) is 0 Å². The van der Waals surface area contributed by atoms with Gasteiger partial charge in [-0.05, 0) is 42.6 Å². The number of allylic oxidation sites excluding steroid dienone is 1. The van der Waals surface area contributed by atoms with Crippen LogP contribution in [0.4, 0.5) is 0 Å². The lowest BCUT2D eigenvalue weighted by Gasteiger charge is -2.48. The molecular formula is C15H20O3. The number of aliphatic hydroxyl groups excluding tert-OH is 1. The van der Waals surface area contributed by atoms with Crippen LogP contribution in [0.5, 0.6) is 0 Å². The molecular weight excluding hydrogens is 228 g/mol. The molecule has 0 amide bonds. The molecule has 1 saturated heterocycles. The third kappa shape index (κ3) is 1.57. The van der Waals surface area contributed by atoms with Crippen molar-refractivity contribution in [2.75, 3.05) is 6.61 Å². The zero-order chi connectivity index (χ0) is 12.9. The number of ether oxygens (including phenoxy) is 1. The molecule has 3 rings (SSSR count). The minimum atomic E-state index is -0.221. The van der Waals surface area contributed by atoms with Crippen molar-refractivity contribution in [1.82, 2.24) is 0 Å². The minimum Gasteiger partial charge on any atom is -0.458 e. The molecule has 0 spiro atoms. The third-order valence-electron chi connectivity index (χ3n) is 5.17. The van der Waals surface area contributed by atoms with E-state index in [1.54, 1.807) is 0 Å². The molecule has 3 heteroatoms. The average Bonchev–Trinajstić information content (AvgIpc) is 2.60. The molecule has 4 atom stereocenters. The number of fused-ring (bicyclic) bond motifs is 2. The maximum absolute atomic E-state index is 11.6. The van der Waals surface area contributed by atoms with E-state index in [4.69, 9.17) is 4.74 Å². The number of aliphatic hydroxyl groups is 1. The highest BCUT2D eigenvalue weighted by Crippen LogP contribution is 2.55. The first-order chi connectivity index (χ1) is 8.55. The van der Waals surface area contributed by atoms with Crippen LogP contribution >= 0.6 is 0 Å². The van der Waals surface area contributed by atoms with Gasteiger partial charge in [0.1, 0.15) is 6.10 Å². The van der Waals surface area contributed by atoms with Gasteiger partial charge >= 0.3 is 5.97 Å². The third-order valence-corrected chi connectivity index (χ3v) is 5.17. The Morgan fingerprint density at radius 3 is 3.11 bits per heavy atom. The molecule has 2 aliphatic carbocycles. The predicted octanol–water partition coefficient (Wildman–Crippen LogP) is 2.21. The number of carbonyl (C=O) groups excluding carboxylic acids is 1. The summed E-state index contributed by atoms with van der Waals surface area (Å²) in [5, 5.41) is 9.51. The van der Waals surface area contributed by atoms with Gasteiger partial charge in [-0.15, -0.1) is 0 Å². The number of hydrogen-bond acceptors (Lipinski definition) is 3. The van der Waals surface area contributed by atoms with Crippen LogP contribution in [-0.2, 0) is 9.53 Å². The normalized spacial score (nSPS) is 43.0. The molecule has 3 nitrogen and oxygen atoms in total. The molecule has 98 valence electrons. The zero-order valence-electron chi connectivity index (χ0n) is 10.8. The van der Waals surface area contributed by atoms with E-state index in [1.807, 2.05) is 0 Å². The summed E-state index contributed by atoms with van der Waals surface area (Å²) in [6.07, 6.45) is 6.14. The molecule has 2 fully saturated rings. The van der Waals surface area contributed by atoms with Crippen LogP contribution in [0.1, 0.15) is 32.6 Å². The van der Waals surface area contributed by atoms with E-state index in [2.05, 4.69) is 19.6 Å². The van der Waals surface area contributed by atoms with E-state index in [1.165, 1.54) is 0 Å². The number of carbonyl (C=O) groups is 1. The lowest BCUT2D eigenvalue weighted by molar-refractivity contribution is -0.142. The molecule has 18 heavy (non-hydrogen) atoms. The molecule has 1 saturated carbocycles. The topological polar surface area (TPSA) is 46.5 Å². The second kappa shape index (κ2) is 3.95. The second-order valence-electron chi connectivity index (χ2n) is 6.20. The van der Waals surface area contributed by atoms with Crippen LogP contribution in [0, 0.1) is 17.3 Å². The Labute approximate surface area is 108 Å². The van der Waals surface area contributed by atoms with Gasteiger partial charge in [0.25, 0.3) is 0 Å². The molecule has 1 aliphatic heterocycles. The summed E-state index contributed by atoms with van der Waals surface area (Å²) in [5.74, 6) is 0.314. The van der Waals surface area contributed by atoms with Gasteiger partial charge in [-0.25, -0.2) is 4.79 Å². The predicted molar refractivity (Wildman–Crippen MR) is 67.7 cm³/mol. The molecule has 0 bridgehead atoms. The lowest BCUT2D eigenvalue weighted by atomic mass is 9.57. The molecule has 4 unspecified atom stereocenters. The summed E-state index contributed by atoms with van der Waals surface area (Å²) in [6, 6.07) is 0. The second-order valence-corrected chi connectivity index (χ2v) is 6.20. The fraction of sp³-hybridized carbons (Fsp3) is 0.667.